The number of hydrogen-bond acceptors (Lipinski definition) is 6. The Morgan fingerprint density at radius 2 is 2.32 bits per heavy atom. The maximum atomic E-state index is 11.8. The number of nitrogens with one attached hydrogen (secondary N) is 1. The third kappa shape index (κ3) is 3.13. The highest BCUT2D eigenvalue weighted by atomic mass is 16.2. The zero-order chi connectivity index (χ0) is 13.7. The number of hydrogen-bond donors (Lipinski definition) is 2. The lowest BCUT2D eigenvalue weighted by Gasteiger charge is -2.03. The second kappa shape index (κ2) is 6.05. The maximum Gasteiger partial charge on any atom is 0.273 e. The Hall–Kier alpha value is -2.29. The van der Waals surface area contributed by atoms with Crippen LogP contribution in [-0.4, -0.2) is 42.2 Å². The summed E-state index contributed by atoms with van der Waals surface area (Å²) in [5, 5.41) is 18.0. The minimum absolute atomic E-state index is 0.260. The molecular formula is C10H16N8O. The number of carbonyl (C=O) groups is 1. The van der Waals surface area contributed by atoms with Crippen LogP contribution in [0.5, 0.6) is 0 Å². The Bertz CT molecular complexity index is 545. The number of nitrogens with two attached hydrogens (primary N) is 1. The molecule has 0 fully saturated rings. The van der Waals surface area contributed by atoms with Crippen LogP contribution in [0.4, 0.5) is 0 Å². The van der Waals surface area contributed by atoms with Gasteiger partial charge in [0.25, 0.3) is 5.91 Å². The van der Waals surface area contributed by atoms with Crippen molar-refractivity contribution in [2.75, 3.05) is 6.54 Å². The predicted molar refractivity (Wildman–Crippen MR) is 65.9 cm³/mol. The fourth-order valence-electron chi connectivity index (χ4n) is 1.57. The fourth-order valence-corrected chi connectivity index (χ4v) is 1.57. The van der Waals surface area contributed by atoms with Crippen LogP contribution in [0.1, 0.15) is 23.2 Å². The number of aryl methyl sites for hydroxylation is 1. The lowest BCUT2D eigenvalue weighted by atomic mass is 10.4. The average Bonchev–Trinajstić information content (AvgIpc) is 3.04. The summed E-state index contributed by atoms with van der Waals surface area (Å²) in [5.74, 6) is 0.402. The fraction of sp³-hybridized carbons (Fsp3) is 0.500. The monoisotopic (exact) mass is 264 g/mol. The normalized spacial score (nSPS) is 10.6. The summed E-state index contributed by atoms with van der Waals surface area (Å²) in [7, 11) is 0. The minimum atomic E-state index is -0.297. The van der Waals surface area contributed by atoms with E-state index in [2.05, 4.69) is 25.8 Å². The van der Waals surface area contributed by atoms with Crippen molar-refractivity contribution in [2.24, 2.45) is 5.73 Å². The van der Waals surface area contributed by atoms with Gasteiger partial charge in [-0.3, -0.25) is 9.48 Å². The van der Waals surface area contributed by atoms with Gasteiger partial charge in [0.05, 0.1) is 19.3 Å². The van der Waals surface area contributed by atoms with Crippen molar-refractivity contribution in [1.82, 2.24) is 35.1 Å². The molecule has 19 heavy (non-hydrogen) atoms. The van der Waals surface area contributed by atoms with E-state index in [1.54, 1.807) is 12.5 Å². The summed E-state index contributed by atoms with van der Waals surface area (Å²) >= 11 is 0. The highest BCUT2D eigenvalue weighted by molar-refractivity contribution is 5.91. The van der Waals surface area contributed by atoms with Gasteiger partial charge in [-0.05, 0) is 6.92 Å². The highest BCUT2D eigenvalue weighted by Crippen LogP contribution is 1.97. The number of rotatable bonds is 6. The molecule has 0 aliphatic carbocycles. The summed E-state index contributed by atoms with van der Waals surface area (Å²) in [5.41, 5.74) is 5.65. The minimum Gasteiger partial charge on any atom is -0.343 e. The quantitative estimate of drug-likeness (QED) is 0.675. The van der Waals surface area contributed by atoms with Crippen molar-refractivity contribution in [3.05, 3.63) is 24.0 Å². The molecule has 2 aromatic rings. The molecule has 0 aromatic carbocycles. The van der Waals surface area contributed by atoms with Gasteiger partial charge in [-0.1, -0.05) is 5.21 Å². The molecule has 0 atom stereocenters. The number of carbonyl (C=O) groups excluding carboxylic acids is 1. The molecule has 9 nitrogen and oxygen atoms in total. The van der Waals surface area contributed by atoms with Crippen LogP contribution in [0.2, 0.25) is 0 Å². The van der Waals surface area contributed by atoms with Crippen LogP contribution in [0.3, 0.4) is 0 Å². The van der Waals surface area contributed by atoms with Crippen molar-refractivity contribution >= 4 is 5.91 Å². The van der Waals surface area contributed by atoms with E-state index >= 15 is 0 Å². The molecule has 0 saturated heterocycles. The van der Waals surface area contributed by atoms with Crippen molar-refractivity contribution < 1.29 is 4.79 Å². The van der Waals surface area contributed by atoms with E-state index in [4.69, 9.17) is 5.73 Å². The van der Waals surface area contributed by atoms with Crippen LogP contribution in [-0.2, 0) is 19.6 Å². The maximum absolute atomic E-state index is 11.8. The summed E-state index contributed by atoms with van der Waals surface area (Å²) in [6, 6.07) is 0. The SMILES string of the molecule is CCn1cnnc1CNC(=O)c1cn(CCN)nn1. The molecule has 1 amide bonds. The van der Waals surface area contributed by atoms with Crippen molar-refractivity contribution in [2.45, 2.75) is 26.6 Å². The van der Waals surface area contributed by atoms with Gasteiger partial charge in [0.1, 0.15) is 6.33 Å². The molecule has 2 heterocycles. The standard InChI is InChI=1S/C10H16N8O/c1-2-17-7-13-15-9(17)5-12-10(19)8-6-18(4-3-11)16-14-8/h6-7H,2-5,11H2,1H3,(H,12,19). The zero-order valence-electron chi connectivity index (χ0n) is 10.7. The molecule has 2 aromatic heterocycles. The van der Waals surface area contributed by atoms with Crippen molar-refractivity contribution in [3.63, 3.8) is 0 Å². The second-order valence-electron chi connectivity index (χ2n) is 3.87. The Balaban J connectivity index is 1.93. The van der Waals surface area contributed by atoms with Gasteiger partial charge in [-0.2, -0.15) is 0 Å². The molecule has 0 bridgehead atoms. The number of nitrogens with zero attached hydrogens (tertiary/aromatic N) is 6. The molecule has 0 spiro atoms. The molecular weight excluding hydrogens is 248 g/mol. The highest BCUT2D eigenvalue weighted by Gasteiger charge is 2.11. The summed E-state index contributed by atoms with van der Waals surface area (Å²) in [6.07, 6.45) is 3.19. The molecule has 9 heteroatoms. The number of amides is 1. The molecule has 0 aliphatic heterocycles. The van der Waals surface area contributed by atoms with Crippen molar-refractivity contribution in [3.8, 4) is 0 Å². The Labute approximate surface area is 109 Å². The van der Waals surface area contributed by atoms with Gasteiger partial charge in [0.15, 0.2) is 11.5 Å². The summed E-state index contributed by atoms with van der Waals surface area (Å²) in [6.45, 7) is 4.02. The largest absolute Gasteiger partial charge is 0.343 e. The molecule has 0 radical (unpaired) electrons. The van der Waals surface area contributed by atoms with E-state index in [9.17, 15) is 4.79 Å². The van der Waals surface area contributed by atoms with Crippen molar-refractivity contribution in [1.29, 1.82) is 0 Å². The van der Waals surface area contributed by atoms with E-state index in [1.807, 2.05) is 11.5 Å². The van der Waals surface area contributed by atoms with Crippen LogP contribution < -0.4 is 11.1 Å². The average molecular weight is 264 g/mol. The van der Waals surface area contributed by atoms with E-state index in [0.717, 1.165) is 6.54 Å². The number of aromatic nitrogens is 6. The van der Waals surface area contributed by atoms with E-state index < -0.39 is 0 Å². The second-order valence-corrected chi connectivity index (χ2v) is 3.87. The van der Waals surface area contributed by atoms with Gasteiger partial charge < -0.3 is 15.6 Å². The van der Waals surface area contributed by atoms with Crippen LogP contribution in [0, 0.1) is 0 Å². The lowest BCUT2D eigenvalue weighted by Crippen LogP contribution is -2.25. The van der Waals surface area contributed by atoms with E-state index in [-0.39, 0.29) is 11.6 Å². The first-order valence-electron chi connectivity index (χ1n) is 5.99. The van der Waals surface area contributed by atoms with Crippen LogP contribution in [0.25, 0.3) is 0 Å². The lowest BCUT2D eigenvalue weighted by molar-refractivity contribution is 0.0944. The third-order valence-electron chi connectivity index (χ3n) is 2.57. The molecule has 0 aliphatic rings. The first kappa shape index (κ1) is 13.1. The summed E-state index contributed by atoms with van der Waals surface area (Å²) in [4.78, 5) is 11.8. The predicted octanol–water partition coefficient (Wildman–Crippen LogP) is -1.22. The van der Waals surface area contributed by atoms with Gasteiger partial charge in [-0.25, -0.2) is 0 Å². The molecule has 0 saturated carbocycles. The Morgan fingerprint density at radius 1 is 1.47 bits per heavy atom. The van der Waals surface area contributed by atoms with E-state index in [0.29, 0.717) is 25.5 Å². The first-order valence-corrected chi connectivity index (χ1v) is 5.99. The molecule has 2 rings (SSSR count). The van der Waals surface area contributed by atoms with Crippen LogP contribution in [0.15, 0.2) is 12.5 Å². The van der Waals surface area contributed by atoms with Crippen LogP contribution >= 0.6 is 0 Å². The van der Waals surface area contributed by atoms with Gasteiger partial charge in [0.2, 0.25) is 0 Å². The third-order valence-corrected chi connectivity index (χ3v) is 2.57. The Morgan fingerprint density at radius 3 is 3.05 bits per heavy atom. The molecule has 102 valence electrons. The van der Waals surface area contributed by atoms with E-state index in [1.165, 1.54) is 4.68 Å². The molecule has 3 N–H and O–H groups in total. The molecule has 0 unspecified atom stereocenters. The zero-order valence-corrected chi connectivity index (χ0v) is 10.7. The Kier molecular flexibility index (Phi) is 4.18. The van der Waals surface area contributed by atoms with Gasteiger partial charge in [-0.15, -0.1) is 15.3 Å². The van der Waals surface area contributed by atoms with Gasteiger partial charge in [0, 0.05) is 13.1 Å². The topological polar surface area (TPSA) is 117 Å². The summed E-state index contributed by atoms with van der Waals surface area (Å²) < 4.78 is 3.38. The smallest absolute Gasteiger partial charge is 0.273 e. The van der Waals surface area contributed by atoms with Gasteiger partial charge >= 0.3 is 0 Å². The first-order chi connectivity index (χ1) is 9.24.